The minimum absolute atomic E-state index is 0.116. The molecule has 4 nitrogen and oxygen atoms in total. The smallest absolute Gasteiger partial charge is 0.137 e. The van der Waals surface area contributed by atoms with E-state index in [2.05, 4.69) is 55.6 Å². The summed E-state index contributed by atoms with van der Waals surface area (Å²) in [5.41, 5.74) is 4.63. The van der Waals surface area contributed by atoms with E-state index < -0.39 is 0 Å². The molecule has 55 heavy (non-hydrogen) atoms. The second kappa shape index (κ2) is 28.7. The van der Waals surface area contributed by atoms with Crippen molar-refractivity contribution in [1.82, 2.24) is 8.75 Å². The van der Waals surface area contributed by atoms with Crippen molar-refractivity contribution in [1.29, 1.82) is 0 Å². The molecule has 0 radical (unpaired) electrons. The maximum atomic E-state index is 6.69. The van der Waals surface area contributed by atoms with Crippen molar-refractivity contribution in [2.75, 3.05) is 19.0 Å². The summed E-state index contributed by atoms with van der Waals surface area (Å²) in [5.74, 6) is 3.06. The second-order valence-corrected chi connectivity index (χ2v) is 19.9. The molecule has 1 unspecified atom stereocenters. The van der Waals surface area contributed by atoms with Crippen molar-refractivity contribution in [3.63, 3.8) is 0 Å². The summed E-state index contributed by atoms with van der Waals surface area (Å²) in [5, 5.41) is 2.40. The largest absolute Gasteiger partial charge is 0.493 e. The maximum absolute atomic E-state index is 6.69. The number of aromatic nitrogens is 2. The topological polar surface area (TPSA) is 44.2 Å². The van der Waals surface area contributed by atoms with E-state index in [0.717, 1.165) is 54.4 Å². The highest BCUT2D eigenvalue weighted by Gasteiger charge is 2.26. The predicted molar refractivity (Wildman–Crippen MR) is 247 cm³/mol. The molecule has 0 spiro atoms. The standard InChI is InChI=1S/C48H78N2O2S3/c1-5-7-9-11-13-15-17-19-21-23-25-27-29-31-35-51-43-37-41(4)53-48(43)42-38-55(45-34-33-40(3)46-47(45)50-54-49-46)39-44(42)52-36-32-30-28-26-24-22-20-18-16-14-12-10-8-6-2/h33-34,37,39H,5-32,35-36,38H2,1-4H3. The quantitative estimate of drug-likeness (QED) is 0.0445. The molecule has 3 aromatic rings. The summed E-state index contributed by atoms with van der Waals surface area (Å²) < 4.78 is 22.6. The number of nitrogens with zero attached hydrogens (tertiary/aromatic N) is 2. The van der Waals surface area contributed by atoms with E-state index in [1.807, 2.05) is 11.3 Å². The second-order valence-electron chi connectivity index (χ2n) is 16.3. The van der Waals surface area contributed by atoms with Crippen molar-refractivity contribution in [3.05, 3.63) is 39.3 Å². The monoisotopic (exact) mass is 811 g/mol. The van der Waals surface area contributed by atoms with Gasteiger partial charge in [-0.15, -0.1) is 21.8 Å². The van der Waals surface area contributed by atoms with Crippen LogP contribution in [0.1, 0.15) is 209 Å². The zero-order valence-electron chi connectivity index (χ0n) is 35.7. The zero-order valence-corrected chi connectivity index (χ0v) is 38.1. The predicted octanol–water partition coefficient (Wildman–Crippen LogP) is 16.6. The molecule has 1 aromatic carbocycles. The van der Waals surface area contributed by atoms with Gasteiger partial charge in [-0.2, -0.15) is 8.75 Å². The van der Waals surface area contributed by atoms with E-state index >= 15 is 0 Å². The van der Waals surface area contributed by atoms with Crippen LogP contribution >= 0.6 is 33.5 Å². The third-order valence-electron chi connectivity index (χ3n) is 11.3. The highest BCUT2D eigenvalue weighted by Crippen LogP contribution is 2.46. The first kappa shape index (κ1) is 46.0. The molecule has 1 aliphatic rings. The maximum Gasteiger partial charge on any atom is 0.137 e. The molecule has 310 valence electrons. The fourth-order valence-corrected chi connectivity index (χ4v) is 11.7. The van der Waals surface area contributed by atoms with Crippen LogP contribution in [-0.2, 0) is 4.74 Å². The summed E-state index contributed by atoms with van der Waals surface area (Å²) in [6, 6.07) is 6.75. The minimum atomic E-state index is -0.116. The lowest BCUT2D eigenvalue weighted by Crippen LogP contribution is -2.01. The SMILES string of the molecule is CCCCCCCCCCCCCCCCOC1=C(c2sc(C)cc2OCCCCCCCCCCCCCCCC)CS(c2ccc(C)c3nsnc23)=C1. The first-order valence-electron chi connectivity index (χ1n) is 23.0. The first-order valence-corrected chi connectivity index (χ1v) is 26.0. The number of hydrogen-bond donors (Lipinski definition) is 0. The normalized spacial score (nSPS) is 14.4. The van der Waals surface area contributed by atoms with Gasteiger partial charge in [0.05, 0.1) is 29.8 Å². The molecule has 1 atom stereocenters. The number of fused-ring (bicyclic) bond motifs is 1. The summed E-state index contributed by atoms with van der Waals surface area (Å²) in [6.45, 7) is 10.5. The third-order valence-corrected chi connectivity index (χ3v) is 14.9. The van der Waals surface area contributed by atoms with Crippen LogP contribution in [0.2, 0.25) is 0 Å². The number of benzene rings is 1. The van der Waals surface area contributed by atoms with E-state index in [-0.39, 0.29) is 10.5 Å². The summed E-state index contributed by atoms with van der Waals surface area (Å²) in [4.78, 5) is 3.86. The van der Waals surface area contributed by atoms with Crippen LogP contribution in [0.15, 0.2) is 28.9 Å². The van der Waals surface area contributed by atoms with Crippen LogP contribution in [0.4, 0.5) is 0 Å². The fourth-order valence-electron chi connectivity index (χ4n) is 7.85. The Bertz CT molecular complexity index is 1520. The Morgan fingerprint density at radius 1 is 0.564 bits per heavy atom. The van der Waals surface area contributed by atoms with Gasteiger partial charge in [0.1, 0.15) is 22.5 Å². The Balaban J connectivity index is 1.21. The number of thiophene rings is 1. The molecule has 0 fully saturated rings. The van der Waals surface area contributed by atoms with Gasteiger partial charge in [-0.05, 0) is 44.4 Å². The van der Waals surface area contributed by atoms with Crippen LogP contribution in [0.3, 0.4) is 0 Å². The highest BCUT2D eigenvalue weighted by molar-refractivity contribution is 8.16. The van der Waals surface area contributed by atoms with Gasteiger partial charge in [-0.1, -0.05) is 187 Å². The number of allylic oxidation sites excluding steroid dienone is 1. The van der Waals surface area contributed by atoms with Gasteiger partial charge in [-0.3, -0.25) is 0 Å². The third kappa shape index (κ3) is 17.4. The van der Waals surface area contributed by atoms with Gasteiger partial charge in [0.25, 0.3) is 0 Å². The lowest BCUT2D eigenvalue weighted by molar-refractivity contribution is 0.226. The summed E-state index contributed by atoms with van der Waals surface area (Å²) >= 11 is 3.19. The van der Waals surface area contributed by atoms with E-state index in [4.69, 9.17) is 13.8 Å². The summed E-state index contributed by atoms with van der Waals surface area (Å²) in [6.07, 6.45) is 38.4. The van der Waals surface area contributed by atoms with Gasteiger partial charge in [-0.25, -0.2) is 0 Å². The molecule has 2 aromatic heterocycles. The van der Waals surface area contributed by atoms with Crippen LogP contribution in [0.5, 0.6) is 5.75 Å². The Labute approximate surface area is 348 Å². The van der Waals surface area contributed by atoms with E-state index in [0.29, 0.717) is 0 Å². The molecule has 4 rings (SSSR count). The molecule has 0 amide bonds. The highest BCUT2D eigenvalue weighted by atomic mass is 32.2. The van der Waals surface area contributed by atoms with E-state index in [9.17, 15) is 0 Å². The van der Waals surface area contributed by atoms with Crippen LogP contribution in [-0.4, -0.2) is 33.1 Å². The lowest BCUT2D eigenvalue weighted by atomic mass is 10.0. The average molecular weight is 811 g/mol. The van der Waals surface area contributed by atoms with Gasteiger partial charge in [0, 0.05) is 26.5 Å². The van der Waals surface area contributed by atoms with Crippen molar-refractivity contribution in [3.8, 4) is 5.75 Å². The minimum Gasteiger partial charge on any atom is -0.493 e. The Hall–Kier alpha value is -1.70. The van der Waals surface area contributed by atoms with Gasteiger partial charge < -0.3 is 9.47 Å². The van der Waals surface area contributed by atoms with Crippen molar-refractivity contribution in [2.24, 2.45) is 0 Å². The van der Waals surface area contributed by atoms with Crippen molar-refractivity contribution >= 4 is 55.5 Å². The fraction of sp³-hybridized carbons (Fsp3) is 0.729. The van der Waals surface area contributed by atoms with Crippen molar-refractivity contribution < 1.29 is 9.47 Å². The Kier molecular flexibility index (Phi) is 24.0. The number of hydrogen-bond acceptors (Lipinski definition) is 6. The molecule has 0 N–H and O–H groups in total. The molecule has 7 heteroatoms. The molecule has 0 aliphatic carbocycles. The molecule has 0 bridgehead atoms. The number of ether oxygens (including phenoxy) is 2. The number of rotatable bonds is 34. The first-order chi connectivity index (χ1) is 27.1. The van der Waals surface area contributed by atoms with Crippen LogP contribution in [0.25, 0.3) is 16.6 Å². The molecular formula is C48H78N2O2S3. The molecule has 0 saturated heterocycles. The summed E-state index contributed by atoms with van der Waals surface area (Å²) in [7, 11) is -0.116. The lowest BCUT2D eigenvalue weighted by Gasteiger charge is -2.12. The Morgan fingerprint density at radius 2 is 1.02 bits per heavy atom. The molecule has 0 saturated carbocycles. The van der Waals surface area contributed by atoms with Gasteiger partial charge in [0.15, 0.2) is 0 Å². The number of unbranched alkanes of at least 4 members (excludes halogenated alkanes) is 26. The molecular weight excluding hydrogens is 733 g/mol. The number of aryl methyl sites for hydroxylation is 2. The van der Waals surface area contributed by atoms with Crippen LogP contribution in [0, 0.1) is 13.8 Å². The Morgan fingerprint density at radius 3 is 1.53 bits per heavy atom. The van der Waals surface area contributed by atoms with Crippen LogP contribution < -0.4 is 4.74 Å². The molecule has 1 aliphatic heterocycles. The van der Waals surface area contributed by atoms with E-state index in [1.54, 1.807) is 0 Å². The zero-order chi connectivity index (χ0) is 38.8. The molecule has 3 heterocycles. The van der Waals surface area contributed by atoms with E-state index in [1.165, 1.54) is 204 Å². The van der Waals surface area contributed by atoms with Crippen molar-refractivity contribution in [2.45, 2.75) is 212 Å². The average Bonchev–Trinajstić information content (AvgIpc) is 3.94. The van der Waals surface area contributed by atoms with Gasteiger partial charge >= 0.3 is 0 Å². The van der Waals surface area contributed by atoms with Gasteiger partial charge in [0.2, 0.25) is 0 Å².